The Kier molecular flexibility index (Phi) is 4.74. The van der Waals surface area contributed by atoms with E-state index in [0.717, 1.165) is 25.3 Å². The molecule has 20 heavy (non-hydrogen) atoms. The van der Waals surface area contributed by atoms with Crippen LogP contribution >= 0.6 is 11.6 Å². The molecular formula is C14H25ClN4O. The first-order valence-corrected chi connectivity index (χ1v) is 7.50. The fourth-order valence-corrected chi connectivity index (χ4v) is 3.15. The zero-order valence-electron chi connectivity index (χ0n) is 12.8. The van der Waals surface area contributed by atoms with E-state index < -0.39 is 5.60 Å². The molecule has 1 N–H and O–H groups in total. The Bertz CT molecular complexity index is 462. The third-order valence-electron chi connectivity index (χ3n) is 4.26. The van der Waals surface area contributed by atoms with E-state index in [-0.39, 0.29) is 0 Å². The van der Waals surface area contributed by atoms with Crippen LogP contribution in [0.15, 0.2) is 6.20 Å². The largest absolute Gasteiger partial charge is 0.383 e. The van der Waals surface area contributed by atoms with Crippen molar-refractivity contribution in [2.24, 2.45) is 0 Å². The molecule has 0 spiro atoms. The molecule has 2 atom stereocenters. The van der Waals surface area contributed by atoms with Crippen molar-refractivity contribution < 1.29 is 5.11 Å². The molecule has 2 rings (SSSR count). The topological polar surface area (TPSA) is 44.5 Å². The molecule has 1 aliphatic rings. The SMILES string of the molecule is CC1CC(O)(c2c(Cl)cnn2CCN(C)C)CCN1C. The van der Waals surface area contributed by atoms with Crippen molar-refractivity contribution in [2.45, 2.75) is 38.0 Å². The lowest BCUT2D eigenvalue weighted by atomic mass is 9.84. The van der Waals surface area contributed by atoms with Gasteiger partial charge in [-0.25, -0.2) is 0 Å². The highest BCUT2D eigenvalue weighted by Gasteiger charge is 2.40. The Morgan fingerprint density at radius 3 is 2.85 bits per heavy atom. The molecule has 1 aliphatic heterocycles. The van der Waals surface area contributed by atoms with E-state index in [1.54, 1.807) is 6.20 Å². The summed E-state index contributed by atoms with van der Waals surface area (Å²) >= 11 is 6.30. The fraction of sp³-hybridized carbons (Fsp3) is 0.786. The first-order valence-electron chi connectivity index (χ1n) is 7.12. The highest BCUT2D eigenvalue weighted by Crippen LogP contribution is 2.38. The molecule has 1 aromatic heterocycles. The Morgan fingerprint density at radius 1 is 1.55 bits per heavy atom. The normalized spacial score (nSPS) is 28.2. The van der Waals surface area contributed by atoms with Crippen molar-refractivity contribution in [3.8, 4) is 0 Å². The van der Waals surface area contributed by atoms with Crippen LogP contribution in [-0.4, -0.2) is 65.0 Å². The Balaban J connectivity index is 2.24. The highest BCUT2D eigenvalue weighted by atomic mass is 35.5. The van der Waals surface area contributed by atoms with E-state index in [9.17, 15) is 5.11 Å². The van der Waals surface area contributed by atoms with Gasteiger partial charge in [0.05, 0.1) is 23.5 Å². The summed E-state index contributed by atoms with van der Waals surface area (Å²) in [4.78, 5) is 4.36. The summed E-state index contributed by atoms with van der Waals surface area (Å²) in [7, 11) is 6.14. The molecule has 0 amide bonds. The molecule has 0 aliphatic carbocycles. The van der Waals surface area contributed by atoms with Crippen molar-refractivity contribution in [1.82, 2.24) is 19.6 Å². The van der Waals surface area contributed by atoms with Gasteiger partial charge in [-0.2, -0.15) is 5.10 Å². The molecular weight excluding hydrogens is 276 g/mol. The van der Waals surface area contributed by atoms with Gasteiger partial charge in [-0.3, -0.25) is 4.68 Å². The van der Waals surface area contributed by atoms with E-state index in [1.807, 2.05) is 18.8 Å². The molecule has 0 radical (unpaired) electrons. The van der Waals surface area contributed by atoms with E-state index in [1.165, 1.54) is 0 Å². The molecule has 2 unspecified atom stereocenters. The molecule has 1 saturated heterocycles. The van der Waals surface area contributed by atoms with Gasteiger partial charge in [0.1, 0.15) is 5.60 Å². The van der Waals surface area contributed by atoms with Crippen LogP contribution < -0.4 is 0 Å². The molecule has 6 heteroatoms. The number of rotatable bonds is 4. The number of likely N-dealkylation sites (N-methyl/N-ethyl adjacent to an activating group) is 1. The predicted molar refractivity (Wildman–Crippen MR) is 81.0 cm³/mol. The third kappa shape index (κ3) is 3.17. The fourth-order valence-electron chi connectivity index (χ4n) is 2.83. The molecule has 2 heterocycles. The van der Waals surface area contributed by atoms with Crippen LogP contribution in [0.1, 0.15) is 25.5 Å². The molecule has 1 aromatic rings. The summed E-state index contributed by atoms with van der Waals surface area (Å²) in [5, 5.41) is 16.0. The van der Waals surface area contributed by atoms with E-state index >= 15 is 0 Å². The average Bonchev–Trinajstić information content (AvgIpc) is 2.74. The van der Waals surface area contributed by atoms with Crippen molar-refractivity contribution in [1.29, 1.82) is 0 Å². The number of hydrogen-bond acceptors (Lipinski definition) is 4. The number of nitrogens with zero attached hydrogens (tertiary/aromatic N) is 4. The van der Waals surface area contributed by atoms with Gasteiger partial charge in [0, 0.05) is 19.1 Å². The maximum absolute atomic E-state index is 11.1. The number of hydrogen-bond donors (Lipinski definition) is 1. The summed E-state index contributed by atoms with van der Waals surface area (Å²) in [5.41, 5.74) is -0.0906. The highest BCUT2D eigenvalue weighted by molar-refractivity contribution is 6.31. The predicted octanol–water partition coefficient (Wildman–Crippen LogP) is 1.40. The number of halogens is 1. The van der Waals surface area contributed by atoms with Gasteiger partial charge in [0.2, 0.25) is 0 Å². The van der Waals surface area contributed by atoms with Crippen LogP contribution in [0.3, 0.4) is 0 Å². The van der Waals surface area contributed by atoms with Crippen molar-refractivity contribution in [3.05, 3.63) is 16.9 Å². The molecule has 0 bridgehead atoms. The van der Waals surface area contributed by atoms with Crippen LogP contribution in [-0.2, 0) is 12.1 Å². The molecule has 0 aromatic carbocycles. The van der Waals surface area contributed by atoms with Crippen LogP contribution in [0.25, 0.3) is 0 Å². The monoisotopic (exact) mass is 300 g/mol. The first kappa shape index (κ1) is 15.8. The van der Waals surface area contributed by atoms with Crippen molar-refractivity contribution in [2.75, 3.05) is 34.2 Å². The number of likely N-dealkylation sites (tertiary alicyclic amines) is 1. The van der Waals surface area contributed by atoms with Gasteiger partial charge in [0.15, 0.2) is 0 Å². The molecule has 1 fully saturated rings. The van der Waals surface area contributed by atoms with E-state index in [2.05, 4.69) is 28.9 Å². The lowest BCUT2D eigenvalue weighted by molar-refractivity contribution is -0.0472. The molecule has 0 saturated carbocycles. The van der Waals surface area contributed by atoms with Gasteiger partial charge in [0.25, 0.3) is 0 Å². The minimum absolute atomic E-state index is 0.335. The van der Waals surface area contributed by atoms with Crippen LogP contribution in [0.5, 0.6) is 0 Å². The lowest BCUT2D eigenvalue weighted by Gasteiger charge is -2.41. The summed E-state index contributed by atoms with van der Waals surface area (Å²) in [6, 6.07) is 0.335. The second kappa shape index (κ2) is 6.02. The summed E-state index contributed by atoms with van der Waals surface area (Å²) < 4.78 is 1.86. The maximum Gasteiger partial charge on any atom is 0.110 e. The van der Waals surface area contributed by atoms with Gasteiger partial charge in [-0.15, -0.1) is 0 Å². The standard InChI is InChI=1S/C14H25ClN4O/c1-11-9-14(20,5-6-18(11)4)13-12(15)10-16-19(13)8-7-17(2)3/h10-11,20H,5-9H2,1-4H3. The number of aromatic nitrogens is 2. The Morgan fingerprint density at radius 2 is 2.25 bits per heavy atom. The number of aliphatic hydroxyl groups is 1. The molecule has 114 valence electrons. The smallest absolute Gasteiger partial charge is 0.110 e. The van der Waals surface area contributed by atoms with Crippen molar-refractivity contribution >= 4 is 11.6 Å². The summed E-state index contributed by atoms with van der Waals surface area (Å²) in [6.45, 7) is 4.61. The Labute approximate surface area is 126 Å². The zero-order chi connectivity index (χ0) is 14.9. The molecule has 5 nitrogen and oxygen atoms in total. The van der Waals surface area contributed by atoms with Crippen LogP contribution in [0, 0.1) is 0 Å². The lowest BCUT2D eigenvalue weighted by Crippen LogP contribution is -2.47. The Hall–Kier alpha value is -0.620. The zero-order valence-corrected chi connectivity index (χ0v) is 13.6. The van der Waals surface area contributed by atoms with Crippen molar-refractivity contribution in [3.63, 3.8) is 0 Å². The minimum Gasteiger partial charge on any atom is -0.383 e. The van der Waals surface area contributed by atoms with Gasteiger partial charge in [-0.05, 0) is 40.9 Å². The van der Waals surface area contributed by atoms with Gasteiger partial charge < -0.3 is 14.9 Å². The first-order chi connectivity index (χ1) is 9.33. The van der Waals surface area contributed by atoms with E-state index in [4.69, 9.17) is 11.6 Å². The maximum atomic E-state index is 11.1. The average molecular weight is 301 g/mol. The summed E-state index contributed by atoms with van der Waals surface area (Å²) in [5.74, 6) is 0. The number of piperidine rings is 1. The van der Waals surface area contributed by atoms with Crippen LogP contribution in [0.2, 0.25) is 5.02 Å². The van der Waals surface area contributed by atoms with E-state index in [0.29, 0.717) is 23.9 Å². The second-order valence-corrected chi connectivity index (χ2v) is 6.59. The minimum atomic E-state index is -0.869. The van der Waals surface area contributed by atoms with Gasteiger partial charge >= 0.3 is 0 Å². The third-order valence-corrected chi connectivity index (χ3v) is 4.53. The second-order valence-electron chi connectivity index (χ2n) is 6.18. The van der Waals surface area contributed by atoms with Crippen LogP contribution in [0.4, 0.5) is 0 Å². The summed E-state index contributed by atoms with van der Waals surface area (Å²) in [6.07, 6.45) is 3.03. The quantitative estimate of drug-likeness (QED) is 0.913. The van der Waals surface area contributed by atoms with Gasteiger partial charge in [-0.1, -0.05) is 11.6 Å².